The van der Waals surface area contributed by atoms with E-state index in [9.17, 15) is 4.79 Å². The SMILES string of the molecule is Cc1cc(C)cc(C2(C(=O)N3CCC[C@@H](n4cncn4)C3)CC2)c1. The summed E-state index contributed by atoms with van der Waals surface area (Å²) in [4.78, 5) is 19.4. The van der Waals surface area contributed by atoms with Gasteiger partial charge >= 0.3 is 0 Å². The van der Waals surface area contributed by atoms with E-state index >= 15 is 0 Å². The fourth-order valence-corrected chi connectivity index (χ4v) is 4.07. The molecule has 1 amide bonds. The van der Waals surface area contributed by atoms with Gasteiger partial charge in [-0.3, -0.25) is 4.79 Å². The molecular formula is C19H24N4O. The second-order valence-electron chi connectivity index (χ2n) is 7.38. The van der Waals surface area contributed by atoms with E-state index < -0.39 is 0 Å². The molecule has 24 heavy (non-hydrogen) atoms. The van der Waals surface area contributed by atoms with Crippen molar-refractivity contribution in [2.75, 3.05) is 13.1 Å². The predicted molar refractivity (Wildman–Crippen MR) is 91.7 cm³/mol. The summed E-state index contributed by atoms with van der Waals surface area (Å²) in [6, 6.07) is 6.80. The van der Waals surface area contributed by atoms with Crippen molar-refractivity contribution in [1.82, 2.24) is 19.7 Å². The van der Waals surface area contributed by atoms with Crippen molar-refractivity contribution in [2.24, 2.45) is 0 Å². The maximum absolute atomic E-state index is 13.3. The number of rotatable bonds is 3. The molecular weight excluding hydrogens is 300 g/mol. The molecule has 1 aliphatic carbocycles. The lowest BCUT2D eigenvalue weighted by molar-refractivity contribution is -0.135. The first-order chi connectivity index (χ1) is 11.6. The molecule has 2 aliphatic rings. The van der Waals surface area contributed by atoms with Gasteiger partial charge in [0.25, 0.3) is 0 Å². The van der Waals surface area contributed by atoms with Crippen LogP contribution in [0.25, 0.3) is 0 Å². The summed E-state index contributed by atoms with van der Waals surface area (Å²) in [6.07, 6.45) is 7.36. The molecule has 2 fully saturated rings. The van der Waals surface area contributed by atoms with Gasteiger partial charge in [0, 0.05) is 13.1 Å². The average Bonchev–Trinajstić information content (AvgIpc) is 3.20. The molecule has 1 aromatic carbocycles. The van der Waals surface area contributed by atoms with Gasteiger partial charge in [-0.05, 0) is 45.1 Å². The number of benzene rings is 1. The van der Waals surface area contributed by atoms with Crippen molar-refractivity contribution in [1.29, 1.82) is 0 Å². The minimum Gasteiger partial charge on any atom is -0.340 e. The first-order valence-electron chi connectivity index (χ1n) is 8.81. The van der Waals surface area contributed by atoms with Gasteiger partial charge in [0.1, 0.15) is 12.7 Å². The number of aryl methyl sites for hydroxylation is 2. The minimum absolute atomic E-state index is 0.250. The predicted octanol–water partition coefficient (Wildman–Crippen LogP) is 2.79. The second kappa shape index (κ2) is 5.72. The molecule has 0 spiro atoms. The molecule has 5 heteroatoms. The van der Waals surface area contributed by atoms with Crippen molar-refractivity contribution in [2.45, 2.75) is 51.0 Å². The minimum atomic E-state index is -0.277. The summed E-state index contributed by atoms with van der Waals surface area (Å²) in [6.45, 7) is 5.82. The topological polar surface area (TPSA) is 51.0 Å². The summed E-state index contributed by atoms with van der Waals surface area (Å²) in [5.41, 5.74) is 3.40. The first-order valence-corrected chi connectivity index (χ1v) is 8.81. The summed E-state index contributed by atoms with van der Waals surface area (Å²) in [5.74, 6) is 0.303. The van der Waals surface area contributed by atoms with Gasteiger partial charge in [-0.2, -0.15) is 5.10 Å². The highest BCUT2D eigenvalue weighted by molar-refractivity contribution is 5.91. The van der Waals surface area contributed by atoms with E-state index in [1.807, 2.05) is 4.68 Å². The molecule has 0 unspecified atom stereocenters. The number of likely N-dealkylation sites (tertiary alicyclic amines) is 1. The van der Waals surface area contributed by atoms with Crippen LogP contribution in [0.1, 0.15) is 48.4 Å². The number of carbonyl (C=O) groups excluding carboxylic acids is 1. The molecule has 126 valence electrons. The molecule has 4 rings (SSSR count). The van der Waals surface area contributed by atoms with E-state index in [0.717, 1.165) is 38.8 Å². The molecule has 1 saturated carbocycles. The van der Waals surface area contributed by atoms with Crippen molar-refractivity contribution >= 4 is 5.91 Å². The van der Waals surface area contributed by atoms with Crippen LogP contribution in [-0.2, 0) is 10.2 Å². The molecule has 1 atom stereocenters. The molecule has 0 N–H and O–H groups in total. The zero-order chi connectivity index (χ0) is 16.7. The van der Waals surface area contributed by atoms with Crippen molar-refractivity contribution in [3.8, 4) is 0 Å². The van der Waals surface area contributed by atoms with Gasteiger partial charge in [-0.25, -0.2) is 9.67 Å². The Morgan fingerprint density at radius 2 is 1.96 bits per heavy atom. The quantitative estimate of drug-likeness (QED) is 0.872. The zero-order valence-corrected chi connectivity index (χ0v) is 14.4. The molecule has 0 radical (unpaired) electrons. The van der Waals surface area contributed by atoms with E-state index in [4.69, 9.17) is 0 Å². The number of piperidine rings is 1. The van der Waals surface area contributed by atoms with Crippen LogP contribution >= 0.6 is 0 Å². The van der Waals surface area contributed by atoms with Crippen LogP contribution in [0.2, 0.25) is 0 Å². The number of hydrogen-bond acceptors (Lipinski definition) is 3. The number of carbonyl (C=O) groups is 1. The fraction of sp³-hybridized carbons (Fsp3) is 0.526. The maximum Gasteiger partial charge on any atom is 0.233 e. The lowest BCUT2D eigenvalue weighted by Gasteiger charge is -2.35. The van der Waals surface area contributed by atoms with Crippen LogP contribution in [0.4, 0.5) is 0 Å². The number of hydrogen-bond donors (Lipinski definition) is 0. The molecule has 2 heterocycles. The highest BCUT2D eigenvalue weighted by Gasteiger charge is 2.53. The van der Waals surface area contributed by atoms with Crippen LogP contribution in [0.5, 0.6) is 0 Å². The Kier molecular flexibility index (Phi) is 3.66. The summed E-state index contributed by atoms with van der Waals surface area (Å²) < 4.78 is 1.90. The lowest BCUT2D eigenvalue weighted by atomic mass is 9.90. The first kappa shape index (κ1) is 15.4. The van der Waals surface area contributed by atoms with Gasteiger partial charge in [-0.1, -0.05) is 29.3 Å². The van der Waals surface area contributed by atoms with Crippen LogP contribution in [0.3, 0.4) is 0 Å². The van der Waals surface area contributed by atoms with Gasteiger partial charge in [-0.15, -0.1) is 0 Å². The van der Waals surface area contributed by atoms with Gasteiger partial charge in [0.15, 0.2) is 0 Å². The molecule has 1 aromatic heterocycles. The zero-order valence-electron chi connectivity index (χ0n) is 14.4. The van der Waals surface area contributed by atoms with E-state index in [0.29, 0.717) is 5.91 Å². The second-order valence-corrected chi connectivity index (χ2v) is 7.38. The third-order valence-corrected chi connectivity index (χ3v) is 5.43. The van der Waals surface area contributed by atoms with Gasteiger partial charge < -0.3 is 4.90 Å². The van der Waals surface area contributed by atoms with E-state index in [-0.39, 0.29) is 11.5 Å². The van der Waals surface area contributed by atoms with Crippen LogP contribution in [0, 0.1) is 13.8 Å². The summed E-state index contributed by atoms with van der Waals surface area (Å²) >= 11 is 0. The maximum atomic E-state index is 13.3. The van der Waals surface area contributed by atoms with Crippen molar-refractivity contribution < 1.29 is 4.79 Å². The number of amides is 1. The highest BCUT2D eigenvalue weighted by atomic mass is 16.2. The average molecular weight is 324 g/mol. The molecule has 0 bridgehead atoms. The standard InChI is InChI=1S/C19H24N4O/c1-14-8-15(2)10-16(9-14)19(5-6-19)18(24)22-7-3-4-17(11-22)23-13-20-12-21-23/h8-10,12-13,17H,3-7,11H2,1-2H3/t17-/m1/s1. The molecule has 1 saturated heterocycles. The van der Waals surface area contributed by atoms with Crippen LogP contribution in [0.15, 0.2) is 30.9 Å². The van der Waals surface area contributed by atoms with Gasteiger partial charge in [0.05, 0.1) is 11.5 Å². The Labute approximate surface area is 142 Å². The molecule has 1 aliphatic heterocycles. The van der Waals surface area contributed by atoms with E-state index in [2.05, 4.69) is 47.0 Å². The summed E-state index contributed by atoms with van der Waals surface area (Å²) in [5, 5.41) is 4.26. The van der Waals surface area contributed by atoms with E-state index in [1.54, 1.807) is 12.7 Å². The van der Waals surface area contributed by atoms with Crippen LogP contribution < -0.4 is 0 Å². The Morgan fingerprint density at radius 3 is 2.58 bits per heavy atom. The Balaban J connectivity index is 1.56. The Hall–Kier alpha value is -2.17. The number of nitrogens with zero attached hydrogens (tertiary/aromatic N) is 4. The molecule has 5 nitrogen and oxygen atoms in total. The monoisotopic (exact) mass is 324 g/mol. The Morgan fingerprint density at radius 1 is 1.21 bits per heavy atom. The lowest BCUT2D eigenvalue weighted by Crippen LogP contribution is -2.45. The Bertz CT molecular complexity index is 728. The van der Waals surface area contributed by atoms with E-state index in [1.165, 1.54) is 16.7 Å². The largest absolute Gasteiger partial charge is 0.340 e. The molecule has 2 aromatic rings. The van der Waals surface area contributed by atoms with Gasteiger partial charge in [0.2, 0.25) is 5.91 Å². The van der Waals surface area contributed by atoms with Crippen molar-refractivity contribution in [3.05, 3.63) is 47.5 Å². The third kappa shape index (κ3) is 2.62. The fourth-order valence-electron chi connectivity index (χ4n) is 4.07. The highest BCUT2D eigenvalue weighted by Crippen LogP contribution is 2.50. The third-order valence-electron chi connectivity index (χ3n) is 5.43. The summed E-state index contributed by atoms with van der Waals surface area (Å²) in [7, 11) is 0. The normalized spacial score (nSPS) is 22.4. The number of aromatic nitrogens is 3. The smallest absolute Gasteiger partial charge is 0.233 e. The van der Waals surface area contributed by atoms with Crippen molar-refractivity contribution in [3.63, 3.8) is 0 Å². The van der Waals surface area contributed by atoms with Crippen LogP contribution in [-0.4, -0.2) is 38.7 Å².